The number of aromatic nitrogens is 2. The SMILES string of the molecule is O=P(C1=C2C=CC=CC2CC=C1)(c1ccc2nc3c4ccccc4c4ccccc4n3c2c1)c1cccc2ccccc12. The van der Waals surface area contributed by atoms with Gasteiger partial charge in [0, 0.05) is 32.6 Å². The van der Waals surface area contributed by atoms with Gasteiger partial charge < -0.3 is 4.57 Å². The number of pyridine rings is 1. The van der Waals surface area contributed by atoms with Gasteiger partial charge in [0.15, 0.2) is 7.14 Å². The van der Waals surface area contributed by atoms with Crippen LogP contribution in [-0.2, 0) is 4.57 Å². The third-order valence-electron chi connectivity index (χ3n) is 9.14. The Kier molecular flexibility index (Phi) is 5.30. The van der Waals surface area contributed by atoms with Crippen LogP contribution in [0.3, 0.4) is 0 Å². The van der Waals surface area contributed by atoms with Crippen LogP contribution >= 0.6 is 7.14 Å². The van der Waals surface area contributed by atoms with Gasteiger partial charge in [0.2, 0.25) is 0 Å². The summed E-state index contributed by atoms with van der Waals surface area (Å²) in [5.74, 6) is 0.225. The van der Waals surface area contributed by atoms with E-state index in [2.05, 4.69) is 132 Å². The highest BCUT2D eigenvalue weighted by molar-refractivity contribution is 7.83. The standard InChI is InChI=1S/C39H27N2OP/c42-43(37-21-9-13-26-11-1-3-15-29(26)37,38-22-10-14-27-12-2-4-16-30(27)38)28-23-24-34-36(25-28)41-35-20-8-7-18-32(35)31-17-5-6-19-33(31)39(41)40-34/h1-13,15-25,27H,14H2. The number of rotatable bonds is 3. The van der Waals surface area contributed by atoms with Gasteiger partial charge in [-0.05, 0) is 52.4 Å². The van der Waals surface area contributed by atoms with E-state index < -0.39 is 7.14 Å². The third kappa shape index (κ3) is 3.49. The Hall–Kier alpha value is -4.98. The van der Waals surface area contributed by atoms with Crippen molar-refractivity contribution in [1.29, 1.82) is 0 Å². The number of allylic oxidation sites excluding steroid dienone is 8. The van der Waals surface area contributed by atoms with Crippen molar-refractivity contribution in [3.8, 4) is 0 Å². The molecule has 2 atom stereocenters. The molecule has 2 aromatic heterocycles. The van der Waals surface area contributed by atoms with Gasteiger partial charge in [0.05, 0.1) is 16.6 Å². The minimum atomic E-state index is -3.33. The van der Waals surface area contributed by atoms with Crippen LogP contribution in [0, 0.1) is 5.92 Å². The molecule has 2 unspecified atom stereocenters. The summed E-state index contributed by atoms with van der Waals surface area (Å²) < 4.78 is 18.5. The Balaban J connectivity index is 1.42. The van der Waals surface area contributed by atoms with Gasteiger partial charge in [-0.1, -0.05) is 121 Å². The lowest BCUT2D eigenvalue weighted by atomic mass is 9.88. The highest BCUT2D eigenvalue weighted by Crippen LogP contribution is 2.57. The minimum Gasteiger partial charge on any atom is -0.309 e. The Morgan fingerprint density at radius 1 is 0.698 bits per heavy atom. The molecule has 7 aromatic rings. The van der Waals surface area contributed by atoms with Crippen molar-refractivity contribution < 1.29 is 4.57 Å². The van der Waals surface area contributed by atoms with Crippen LogP contribution in [-0.4, -0.2) is 9.38 Å². The summed E-state index contributed by atoms with van der Waals surface area (Å²) in [6.45, 7) is 0. The summed E-state index contributed by atoms with van der Waals surface area (Å²) in [4.78, 5) is 5.14. The van der Waals surface area contributed by atoms with Gasteiger partial charge in [-0.25, -0.2) is 4.98 Å². The maximum absolute atomic E-state index is 16.2. The molecule has 0 radical (unpaired) electrons. The molecule has 0 saturated heterocycles. The maximum Gasteiger partial charge on any atom is 0.171 e. The fourth-order valence-electron chi connectivity index (χ4n) is 7.16. The van der Waals surface area contributed by atoms with E-state index in [4.69, 9.17) is 4.98 Å². The van der Waals surface area contributed by atoms with E-state index >= 15 is 4.57 Å². The first-order valence-corrected chi connectivity index (χ1v) is 16.5. The smallest absolute Gasteiger partial charge is 0.171 e. The molecule has 4 heteroatoms. The van der Waals surface area contributed by atoms with E-state index in [0.717, 1.165) is 66.3 Å². The van der Waals surface area contributed by atoms with Crippen molar-refractivity contribution in [1.82, 2.24) is 9.38 Å². The summed E-state index contributed by atoms with van der Waals surface area (Å²) in [5.41, 5.74) is 5.02. The van der Waals surface area contributed by atoms with Crippen LogP contribution < -0.4 is 10.6 Å². The zero-order valence-corrected chi connectivity index (χ0v) is 24.3. The molecule has 0 N–H and O–H groups in total. The molecule has 0 bridgehead atoms. The molecule has 0 fully saturated rings. The molecule has 0 aliphatic heterocycles. The molecule has 204 valence electrons. The van der Waals surface area contributed by atoms with Crippen molar-refractivity contribution in [2.45, 2.75) is 6.42 Å². The van der Waals surface area contributed by atoms with Crippen molar-refractivity contribution in [2.24, 2.45) is 5.92 Å². The largest absolute Gasteiger partial charge is 0.309 e. The van der Waals surface area contributed by atoms with Crippen molar-refractivity contribution in [2.75, 3.05) is 0 Å². The van der Waals surface area contributed by atoms with E-state index in [1.807, 2.05) is 18.2 Å². The average molecular weight is 571 g/mol. The number of hydrogen-bond donors (Lipinski definition) is 0. The molecule has 2 aliphatic carbocycles. The zero-order chi connectivity index (χ0) is 28.5. The summed E-state index contributed by atoms with van der Waals surface area (Å²) in [6.07, 6.45) is 13.8. The molecular formula is C39H27N2OP. The maximum atomic E-state index is 16.2. The molecular weight excluding hydrogens is 543 g/mol. The number of imidazole rings is 1. The van der Waals surface area contributed by atoms with Crippen molar-refractivity contribution >= 4 is 66.9 Å². The summed E-state index contributed by atoms with van der Waals surface area (Å²) in [6, 6.07) is 37.8. The second-order valence-corrected chi connectivity index (χ2v) is 14.1. The fraction of sp³-hybridized carbons (Fsp3) is 0.0513. The molecule has 2 aliphatic rings. The molecule has 2 heterocycles. The van der Waals surface area contributed by atoms with Gasteiger partial charge in [-0.15, -0.1) is 0 Å². The normalized spacial score (nSPS) is 17.8. The second kappa shape index (κ2) is 9.26. The lowest BCUT2D eigenvalue weighted by Crippen LogP contribution is -2.21. The van der Waals surface area contributed by atoms with Crippen molar-refractivity contribution in [3.63, 3.8) is 0 Å². The molecule has 0 amide bonds. The second-order valence-electron chi connectivity index (χ2n) is 11.4. The van der Waals surface area contributed by atoms with E-state index in [-0.39, 0.29) is 5.92 Å². The summed E-state index contributed by atoms with van der Waals surface area (Å²) >= 11 is 0. The highest BCUT2D eigenvalue weighted by atomic mass is 31.2. The predicted molar refractivity (Wildman–Crippen MR) is 181 cm³/mol. The van der Waals surface area contributed by atoms with Crippen LogP contribution in [0.1, 0.15) is 6.42 Å². The highest BCUT2D eigenvalue weighted by Gasteiger charge is 2.37. The van der Waals surface area contributed by atoms with Gasteiger partial charge in [-0.3, -0.25) is 4.40 Å². The monoisotopic (exact) mass is 570 g/mol. The third-order valence-corrected chi connectivity index (χ3v) is 12.3. The zero-order valence-electron chi connectivity index (χ0n) is 23.4. The molecule has 5 aromatic carbocycles. The number of para-hydroxylation sites is 1. The summed E-state index contributed by atoms with van der Waals surface area (Å²) in [5, 5.41) is 8.22. The van der Waals surface area contributed by atoms with E-state index in [0.29, 0.717) is 0 Å². The molecule has 43 heavy (non-hydrogen) atoms. The average Bonchev–Trinajstić information content (AvgIpc) is 3.47. The molecule has 3 nitrogen and oxygen atoms in total. The Morgan fingerprint density at radius 3 is 2.37 bits per heavy atom. The van der Waals surface area contributed by atoms with Gasteiger partial charge >= 0.3 is 0 Å². The van der Waals surface area contributed by atoms with Gasteiger partial charge in [0.1, 0.15) is 5.65 Å². The number of benzene rings is 5. The van der Waals surface area contributed by atoms with Crippen LogP contribution in [0.4, 0.5) is 0 Å². The first-order valence-electron chi connectivity index (χ1n) is 14.8. The fourth-order valence-corrected chi connectivity index (χ4v) is 10.3. The van der Waals surface area contributed by atoms with Crippen LogP contribution in [0.25, 0.3) is 49.1 Å². The van der Waals surface area contributed by atoms with E-state index in [9.17, 15) is 0 Å². The predicted octanol–water partition coefficient (Wildman–Crippen LogP) is 9.22. The number of nitrogens with zero attached hydrogens (tertiary/aromatic N) is 2. The first-order chi connectivity index (χ1) is 21.2. The molecule has 0 spiro atoms. The van der Waals surface area contributed by atoms with E-state index in [1.54, 1.807) is 0 Å². The van der Waals surface area contributed by atoms with Crippen molar-refractivity contribution in [3.05, 3.63) is 157 Å². The van der Waals surface area contributed by atoms with Crippen LogP contribution in [0.2, 0.25) is 0 Å². The summed E-state index contributed by atoms with van der Waals surface area (Å²) in [7, 11) is -3.33. The van der Waals surface area contributed by atoms with Gasteiger partial charge in [0.25, 0.3) is 0 Å². The van der Waals surface area contributed by atoms with E-state index in [1.165, 1.54) is 10.8 Å². The first kappa shape index (κ1) is 24.6. The quantitative estimate of drug-likeness (QED) is 0.157. The number of hydrogen-bond acceptors (Lipinski definition) is 2. The minimum absolute atomic E-state index is 0.225. The lowest BCUT2D eigenvalue weighted by molar-refractivity contribution is 0.590. The Bertz CT molecular complexity index is 2470. The lowest BCUT2D eigenvalue weighted by Gasteiger charge is -2.29. The molecule has 0 saturated carbocycles. The molecule has 9 rings (SSSR count). The topological polar surface area (TPSA) is 34.4 Å². The number of fused-ring (bicyclic) bond motifs is 10. The Labute approximate surface area is 249 Å². The van der Waals surface area contributed by atoms with Crippen LogP contribution in [0.15, 0.2) is 157 Å². The Morgan fingerprint density at radius 2 is 1.47 bits per heavy atom. The van der Waals surface area contributed by atoms with Crippen LogP contribution in [0.5, 0.6) is 0 Å². The van der Waals surface area contributed by atoms with Gasteiger partial charge in [-0.2, -0.15) is 0 Å².